The number of nitrogens with zero attached hydrogens (tertiary/aromatic N) is 3. The van der Waals surface area contributed by atoms with Crippen LogP contribution in [0.15, 0.2) is 35.2 Å². The average molecular weight is 271 g/mol. The van der Waals surface area contributed by atoms with Gasteiger partial charge in [0.15, 0.2) is 5.82 Å². The van der Waals surface area contributed by atoms with Gasteiger partial charge in [-0.3, -0.25) is 4.98 Å². The first-order chi connectivity index (χ1) is 6.77. The van der Waals surface area contributed by atoms with Gasteiger partial charge < -0.3 is 0 Å². The Morgan fingerprint density at radius 3 is 2.50 bits per heavy atom. The smallest absolute Gasteiger partial charge is 0.179 e. The number of halogens is 2. The van der Waals surface area contributed by atoms with Crippen LogP contribution in [0, 0.1) is 0 Å². The van der Waals surface area contributed by atoms with Gasteiger partial charge in [0.2, 0.25) is 0 Å². The summed E-state index contributed by atoms with van der Waals surface area (Å²) in [6.45, 7) is 0. The van der Waals surface area contributed by atoms with Gasteiger partial charge in [-0.1, -0.05) is 11.6 Å². The van der Waals surface area contributed by atoms with Crippen LogP contribution in [0.25, 0.3) is 11.5 Å². The summed E-state index contributed by atoms with van der Waals surface area (Å²) in [5.41, 5.74) is 0.593. The molecule has 0 amide bonds. The number of pyridine rings is 1. The molecular formula is C9H5BrClN3. The predicted octanol–water partition coefficient (Wildman–Crippen LogP) is 2.95. The first-order valence-electron chi connectivity index (χ1n) is 3.86. The summed E-state index contributed by atoms with van der Waals surface area (Å²) >= 11 is 9.27. The van der Waals surface area contributed by atoms with Gasteiger partial charge in [-0.25, -0.2) is 9.97 Å². The summed E-state index contributed by atoms with van der Waals surface area (Å²) in [4.78, 5) is 12.3. The molecule has 2 heterocycles. The zero-order valence-corrected chi connectivity index (χ0v) is 9.33. The molecule has 0 bridgehead atoms. The highest BCUT2D eigenvalue weighted by Crippen LogP contribution is 2.24. The van der Waals surface area contributed by atoms with Crippen LogP contribution in [0.1, 0.15) is 0 Å². The van der Waals surface area contributed by atoms with E-state index in [0.29, 0.717) is 16.5 Å². The Hall–Kier alpha value is -1.00. The molecule has 0 fully saturated rings. The van der Waals surface area contributed by atoms with E-state index in [9.17, 15) is 0 Å². The van der Waals surface area contributed by atoms with Gasteiger partial charge >= 0.3 is 0 Å². The van der Waals surface area contributed by atoms with Crippen molar-refractivity contribution in [1.29, 1.82) is 0 Å². The van der Waals surface area contributed by atoms with Crippen LogP contribution in [0.5, 0.6) is 0 Å². The second-order valence-corrected chi connectivity index (χ2v) is 3.88. The molecule has 3 nitrogen and oxygen atoms in total. The normalized spacial score (nSPS) is 10.1. The highest BCUT2D eigenvalue weighted by Gasteiger charge is 2.07. The maximum absolute atomic E-state index is 5.99. The Labute approximate surface area is 94.3 Å². The van der Waals surface area contributed by atoms with Crippen molar-refractivity contribution < 1.29 is 0 Å². The van der Waals surface area contributed by atoms with Crippen molar-refractivity contribution in [2.24, 2.45) is 0 Å². The Kier molecular flexibility index (Phi) is 2.74. The Morgan fingerprint density at radius 1 is 1.14 bits per heavy atom. The lowest BCUT2D eigenvalue weighted by Gasteiger charge is -2.00. The monoisotopic (exact) mass is 269 g/mol. The Bertz CT molecular complexity index is 447. The Balaban J connectivity index is 2.53. The number of rotatable bonds is 1. The zero-order valence-electron chi connectivity index (χ0n) is 6.98. The zero-order chi connectivity index (χ0) is 9.97. The maximum Gasteiger partial charge on any atom is 0.179 e. The van der Waals surface area contributed by atoms with Crippen molar-refractivity contribution >= 4 is 27.5 Å². The Morgan fingerprint density at radius 2 is 1.86 bits per heavy atom. The van der Waals surface area contributed by atoms with E-state index in [2.05, 4.69) is 30.9 Å². The van der Waals surface area contributed by atoms with Gasteiger partial charge in [-0.2, -0.15) is 0 Å². The summed E-state index contributed by atoms with van der Waals surface area (Å²) in [5, 5.41) is 0.533. The maximum atomic E-state index is 5.99. The van der Waals surface area contributed by atoms with E-state index in [4.69, 9.17) is 11.6 Å². The van der Waals surface area contributed by atoms with Gasteiger partial charge in [0.25, 0.3) is 0 Å². The number of aromatic nitrogens is 3. The van der Waals surface area contributed by atoms with Gasteiger partial charge in [0, 0.05) is 23.1 Å². The molecular weight excluding hydrogens is 265 g/mol. The van der Waals surface area contributed by atoms with Crippen molar-refractivity contribution in [1.82, 2.24) is 15.0 Å². The van der Waals surface area contributed by atoms with Crippen LogP contribution in [-0.2, 0) is 0 Å². The van der Waals surface area contributed by atoms with E-state index in [-0.39, 0.29) is 0 Å². The number of hydrogen-bond donors (Lipinski definition) is 0. The molecule has 2 aromatic heterocycles. The van der Waals surface area contributed by atoms with Gasteiger partial charge in [-0.15, -0.1) is 0 Å². The van der Waals surface area contributed by atoms with Crippen molar-refractivity contribution in [3.63, 3.8) is 0 Å². The third-order valence-electron chi connectivity index (χ3n) is 1.59. The third kappa shape index (κ3) is 1.91. The summed E-state index contributed by atoms with van der Waals surface area (Å²) in [6.07, 6.45) is 4.97. The molecule has 0 aromatic carbocycles. The number of hydrogen-bond acceptors (Lipinski definition) is 3. The topological polar surface area (TPSA) is 38.7 Å². The summed E-state index contributed by atoms with van der Waals surface area (Å²) in [7, 11) is 0. The average Bonchev–Trinajstić information content (AvgIpc) is 2.19. The van der Waals surface area contributed by atoms with Crippen LogP contribution >= 0.6 is 27.5 Å². The molecule has 2 aromatic rings. The molecule has 2 rings (SSSR count). The van der Waals surface area contributed by atoms with E-state index < -0.39 is 0 Å². The highest BCUT2D eigenvalue weighted by molar-refractivity contribution is 9.10. The second kappa shape index (κ2) is 4.02. The van der Waals surface area contributed by atoms with E-state index >= 15 is 0 Å². The molecule has 0 aliphatic carbocycles. The molecule has 0 aliphatic rings. The fraction of sp³-hybridized carbons (Fsp3) is 0. The third-order valence-corrected chi connectivity index (χ3v) is 2.31. The lowest BCUT2D eigenvalue weighted by molar-refractivity contribution is 1.14. The van der Waals surface area contributed by atoms with Crippen LogP contribution in [0.2, 0.25) is 5.02 Å². The summed E-state index contributed by atoms with van der Waals surface area (Å²) in [6, 6.07) is 3.51. The van der Waals surface area contributed by atoms with Crippen LogP contribution in [0.4, 0.5) is 0 Å². The largest absolute Gasteiger partial charge is 0.250 e. The van der Waals surface area contributed by atoms with E-state index in [1.54, 1.807) is 30.7 Å². The molecule has 0 radical (unpaired) electrons. The second-order valence-electron chi connectivity index (χ2n) is 2.56. The quantitative estimate of drug-likeness (QED) is 0.800. The molecule has 0 spiro atoms. The fourth-order valence-electron chi connectivity index (χ4n) is 1.00. The van der Waals surface area contributed by atoms with Gasteiger partial charge in [0.05, 0.1) is 5.02 Å². The minimum absolute atomic E-state index is 0.532. The molecule has 5 heteroatoms. The fourth-order valence-corrected chi connectivity index (χ4v) is 1.71. The molecule has 0 saturated heterocycles. The minimum atomic E-state index is 0.532. The van der Waals surface area contributed by atoms with Gasteiger partial charge in [0.1, 0.15) is 5.69 Å². The van der Waals surface area contributed by atoms with Crippen molar-refractivity contribution in [3.8, 4) is 11.5 Å². The van der Waals surface area contributed by atoms with Crippen molar-refractivity contribution in [3.05, 3.63) is 40.2 Å². The predicted molar refractivity (Wildman–Crippen MR) is 58.0 cm³/mol. The van der Waals surface area contributed by atoms with Crippen LogP contribution in [-0.4, -0.2) is 15.0 Å². The standard InChI is InChI=1S/C9H5BrClN3/c10-6-4-7(11)8(14-5-6)9-12-2-1-3-13-9/h1-5H. The molecule has 14 heavy (non-hydrogen) atoms. The van der Waals surface area contributed by atoms with Crippen LogP contribution < -0.4 is 0 Å². The van der Waals surface area contributed by atoms with Gasteiger partial charge in [-0.05, 0) is 28.1 Å². The molecule has 0 unspecified atom stereocenters. The highest BCUT2D eigenvalue weighted by atomic mass is 79.9. The molecule has 0 aliphatic heterocycles. The molecule has 0 atom stereocenters. The van der Waals surface area contributed by atoms with Crippen LogP contribution in [0.3, 0.4) is 0 Å². The first kappa shape index (κ1) is 9.55. The molecule has 0 saturated carbocycles. The SMILES string of the molecule is Clc1cc(Br)cnc1-c1ncccn1. The first-order valence-corrected chi connectivity index (χ1v) is 5.03. The van der Waals surface area contributed by atoms with E-state index in [1.807, 2.05) is 0 Å². The molecule has 70 valence electrons. The van der Waals surface area contributed by atoms with E-state index in [0.717, 1.165) is 4.47 Å². The minimum Gasteiger partial charge on any atom is -0.250 e. The van der Waals surface area contributed by atoms with Crippen molar-refractivity contribution in [2.45, 2.75) is 0 Å². The van der Waals surface area contributed by atoms with Crippen molar-refractivity contribution in [2.75, 3.05) is 0 Å². The lowest BCUT2D eigenvalue weighted by atomic mass is 10.3. The van der Waals surface area contributed by atoms with E-state index in [1.165, 1.54) is 0 Å². The summed E-state index contributed by atoms with van der Waals surface area (Å²) in [5.74, 6) is 0.532. The lowest BCUT2D eigenvalue weighted by Crippen LogP contribution is -1.90. The summed E-state index contributed by atoms with van der Waals surface area (Å²) < 4.78 is 0.835. The molecule has 0 N–H and O–H groups in total.